The van der Waals surface area contributed by atoms with Gasteiger partial charge in [-0.05, 0) is 36.3 Å². The number of hydrogen-bond donors (Lipinski definition) is 0. The Balaban J connectivity index is 2.41. The minimum Gasteiger partial charge on any atom is -0.0837 e. The largest absolute Gasteiger partial charge is 0.0837 e. The topological polar surface area (TPSA) is 0 Å². The highest BCUT2D eigenvalue weighted by Crippen LogP contribution is 2.43. The fourth-order valence-electron chi connectivity index (χ4n) is 2.32. The van der Waals surface area contributed by atoms with E-state index in [4.69, 9.17) is 0 Å². The van der Waals surface area contributed by atoms with E-state index in [1.807, 2.05) is 0 Å². The molecule has 1 atom stereocenters. The zero-order chi connectivity index (χ0) is 11.6. The monoisotopic (exact) mass is 212 g/mol. The smallest absolute Gasteiger partial charge is 0.00374 e. The maximum Gasteiger partial charge on any atom is -0.00374 e. The first kappa shape index (κ1) is 11.2. The standard InChI is InChI=1S/C16H20/c1-4-16(3)12-6-5-7-15(16)14-10-8-13(2)9-11-14/h5-11H,4,12H2,1-3H3. The average Bonchev–Trinajstić information content (AvgIpc) is 2.31. The van der Waals surface area contributed by atoms with E-state index in [0.717, 1.165) is 6.42 Å². The summed E-state index contributed by atoms with van der Waals surface area (Å²) in [6, 6.07) is 8.89. The molecule has 2 rings (SSSR count). The summed E-state index contributed by atoms with van der Waals surface area (Å²) < 4.78 is 0. The van der Waals surface area contributed by atoms with E-state index in [1.54, 1.807) is 0 Å². The molecule has 0 saturated heterocycles. The second-order valence-electron chi connectivity index (χ2n) is 4.99. The van der Waals surface area contributed by atoms with Crippen LogP contribution in [-0.2, 0) is 0 Å². The number of allylic oxidation sites excluding steroid dienone is 4. The molecule has 0 heteroatoms. The van der Waals surface area contributed by atoms with Gasteiger partial charge in [-0.15, -0.1) is 0 Å². The Morgan fingerprint density at radius 1 is 1.19 bits per heavy atom. The van der Waals surface area contributed by atoms with E-state index in [9.17, 15) is 0 Å². The average molecular weight is 212 g/mol. The maximum absolute atomic E-state index is 2.36. The molecule has 0 spiro atoms. The lowest BCUT2D eigenvalue weighted by atomic mass is 9.72. The fourth-order valence-corrected chi connectivity index (χ4v) is 2.32. The van der Waals surface area contributed by atoms with Crippen molar-refractivity contribution in [2.45, 2.75) is 33.6 Å². The highest BCUT2D eigenvalue weighted by atomic mass is 14.3. The van der Waals surface area contributed by atoms with Crippen LogP contribution in [0.1, 0.15) is 37.8 Å². The number of aryl methyl sites for hydroxylation is 1. The van der Waals surface area contributed by atoms with Gasteiger partial charge >= 0.3 is 0 Å². The summed E-state index contributed by atoms with van der Waals surface area (Å²) in [4.78, 5) is 0. The minimum absolute atomic E-state index is 0.310. The Kier molecular flexibility index (Phi) is 3.00. The molecule has 0 radical (unpaired) electrons. The minimum atomic E-state index is 0.310. The molecule has 0 heterocycles. The van der Waals surface area contributed by atoms with Crippen molar-refractivity contribution in [3.05, 3.63) is 53.6 Å². The molecule has 0 aliphatic heterocycles. The molecule has 1 aliphatic carbocycles. The van der Waals surface area contributed by atoms with Crippen LogP contribution in [0.3, 0.4) is 0 Å². The molecule has 0 nitrogen and oxygen atoms in total. The van der Waals surface area contributed by atoms with Gasteiger partial charge in [-0.1, -0.05) is 61.9 Å². The molecule has 0 N–H and O–H groups in total. The Bertz CT molecular complexity index is 420. The lowest BCUT2D eigenvalue weighted by molar-refractivity contribution is 0.433. The second kappa shape index (κ2) is 4.29. The van der Waals surface area contributed by atoms with Gasteiger partial charge in [0.2, 0.25) is 0 Å². The van der Waals surface area contributed by atoms with Crippen LogP contribution in [0.2, 0.25) is 0 Å². The Hall–Kier alpha value is -1.30. The van der Waals surface area contributed by atoms with Crippen LogP contribution in [0.25, 0.3) is 5.57 Å². The molecule has 0 saturated carbocycles. The summed E-state index contributed by atoms with van der Waals surface area (Å²) in [5, 5.41) is 0. The van der Waals surface area contributed by atoms with Gasteiger partial charge < -0.3 is 0 Å². The summed E-state index contributed by atoms with van der Waals surface area (Å²) in [6.07, 6.45) is 9.09. The Labute approximate surface area is 98.7 Å². The van der Waals surface area contributed by atoms with Gasteiger partial charge in [0, 0.05) is 0 Å². The van der Waals surface area contributed by atoms with Crippen LogP contribution >= 0.6 is 0 Å². The molecule has 0 aromatic heterocycles. The first-order chi connectivity index (χ1) is 7.65. The van der Waals surface area contributed by atoms with E-state index >= 15 is 0 Å². The number of hydrogen-bond acceptors (Lipinski definition) is 0. The van der Waals surface area contributed by atoms with Crippen molar-refractivity contribution in [3.63, 3.8) is 0 Å². The third-order valence-electron chi connectivity index (χ3n) is 3.76. The van der Waals surface area contributed by atoms with Crippen LogP contribution in [0.15, 0.2) is 42.5 Å². The molecule has 84 valence electrons. The van der Waals surface area contributed by atoms with Crippen molar-refractivity contribution < 1.29 is 0 Å². The lowest BCUT2D eigenvalue weighted by Gasteiger charge is -2.32. The molecule has 16 heavy (non-hydrogen) atoms. The van der Waals surface area contributed by atoms with E-state index in [1.165, 1.54) is 23.1 Å². The van der Waals surface area contributed by atoms with Crippen molar-refractivity contribution in [2.75, 3.05) is 0 Å². The van der Waals surface area contributed by atoms with E-state index < -0.39 is 0 Å². The molecule has 0 fully saturated rings. The van der Waals surface area contributed by atoms with Gasteiger partial charge in [0.05, 0.1) is 0 Å². The van der Waals surface area contributed by atoms with Gasteiger partial charge in [0.1, 0.15) is 0 Å². The van der Waals surface area contributed by atoms with Crippen molar-refractivity contribution in [2.24, 2.45) is 5.41 Å². The zero-order valence-corrected chi connectivity index (χ0v) is 10.5. The second-order valence-corrected chi connectivity index (χ2v) is 4.99. The molecule has 0 amide bonds. The molecule has 1 aromatic carbocycles. The molecular formula is C16H20. The van der Waals surface area contributed by atoms with Crippen molar-refractivity contribution in [1.29, 1.82) is 0 Å². The lowest BCUT2D eigenvalue weighted by Crippen LogP contribution is -2.18. The first-order valence-electron chi connectivity index (χ1n) is 6.10. The molecular weight excluding hydrogens is 192 g/mol. The number of benzene rings is 1. The van der Waals surface area contributed by atoms with Gasteiger partial charge in [-0.3, -0.25) is 0 Å². The van der Waals surface area contributed by atoms with Crippen LogP contribution in [0.5, 0.6) is 0 Å². The normalized spacial score (nSPS) is 24.3. The maximum atomic E-state index is 2.36. The highest BCUT2D eigenvalue weighted by Gasteiger charge is 2.27. The first-order valence-corrected chi connectivity index (χ1v) is 6.10. The highest BCUT2D eigenvalue weighted by molar-refractivity contribution is 5.72. The van der Waals surface area contributed by atoms with Gasteiger partial charge in [0.25, 0.3) is 0 Å². The molecule has 1 unspecified atom stereocenters. The van der Waals surface area contributed by atoms with Gasteiger partial charge in [-0.25, -0.2) is 0 Å². The van der Waals surface area contributed by atoms with Crippen LogP contribution in [0.4, 0.5) is 0 Å². The molecule has 1 aromatic rings. The third-order valence-corrected chi connectivity index (χ3v) is 3.76. The molecule has 0 bridgehead atoms. The summed E-state index contributed by atoms with van der Waals surface area (Å²) in [7, 11) is 0. The predicted octanol–water partition coefficient (Wildman–Crippen LogP) is 4.75. The Morgan fingerprint density at radius 3 is 2.50 bits per heavy atom. The van der Waals surface area contributed by atoms with Crippen molar-refractivity contribution >= 4 is 5.57 Å². The quantitative estimate of drug-likeness (QED) is 0.663. The summed E-state index contributed by atoms with van der Waals surface area (Å²) in [5.41, 5.74) is 4.50. The van der Waals surface area contributed by atoms with E-state index in [0.29, 0.717) is 5.41 Å². The van der Waals surface area contributed by atoms with Crippen molar-refractivity contribution in [3.8, 4) is 0 Å². The third kappa shape index (κ3) is 1.97. The SMILES string of the molecule is CCC1(C)CC=CC=C1c1ccc(C)cc1. The number of rotatable bonds is 2. The summed E-state index contributed by atoms with van der Waals surface area (Å²) in [5.74, 6) is 0. The van der Waals surface area contributed by atoms with E-state index in [2.05, 4.69) is 63.3 Å². The van der Waals surface area contributed by atoms with Crippen LogP contribution < -0.4 is 0 Å². The van der Waals surface area contributed by atoms with E-state index in [-0.39, 0.29) is 0 Å². The van der Waals surface area contributed by atoms with Crippen molar-refractivity contribution in [1.82, 2.24) is 0 Å². The van der Waals surface area contributed by atoms with Gasteiger partial charge in [0.15, 0.2) is 0 Å². The molecule has 1 aliphatic rings. The fraction of sp³-hybridized carbons (Fsp3) is 0.375. The van der Waals surface area contributed by atoms with Gasteiger partial charge in [-0.2, -0.15) is 0 Å². The summed E-state index contributed by atoms with van der Waals surface area (Å²) in [6.45, 7) is 6.78. The zero-order valence-electron chi connectivity index (χ0n) is 10.5. The summed E-state index contributed by atoms with van der Waals surface area (Å²) >= 11 is 0. The van der Waals surface area contributed by atoms with Crippen LogP contribution in [-0.4, -0.2) is 0 Å². The predicted molar refractivity (Wildman–Crippen MR) is 71.3 cm³/mol. The Morgan fingerprint density at radius 2 is 1.88 bits per heavy atom. The van der Waals surface area contributed by atoms with Crippen LogP contribution in [0, 0.1) is 12.3 Å².